The van der Waals surface area contributed by atoms with E-state index in [9.17, 15) is 18.0 Å². The molecule has 0 aliphatic carbocycles. The maximum atomic E-state index is 12.8. The van der Waals surface area contributed by atoms with Gasteiger partial charge < -0.3 is 10.2 Å². The van der Waals surface area contributed by atoms with E-state index in [-0.39, 0.29) is 26.4 Å². The number of aromatic carboxylic acids is 1. The van der Waals surface area contributed by atoms with E-state index >= 15 is 0 Å². The quantitative estimate of drug-likeness (QED) is 0.626. The third kappa shape index (κ3) is 4.95. The predicted octanol–water partition coefficient (Wildman–Crippen LogP) is 3.64. The Kier molecular flexibility index (Phi) is 5.76. The molecule has 7 nitrogen and oxygen atoms in total. The molecule has 2 rings (SSSR count). The van der Waals surface area contributed by atoms with E-state index < -0.39 is 22.0 Å². The highest BCUT2D eigenvalue weighted by molar-refractivity contribution is 7.92. The maximum Gasteiger partial charge on any atom is 0.348 e. The van der Waals surface area contributed by atoms with E-state index in [1.54, 1.807) is 12.1 Å². The van der Waals surface area contributed by atoms with Crippen molar-refractivity contribution in [1.82, 2.24) is 0 Å². The minimum Gasteiger partial charge on any atom is -0.478 e. The molecule has 0 unspecified atom stereocenters. The van der Waals surface area contributed by atoms with Gasteiger partial charge in [-0.1, -0.05) is 26.8 Å². The van der Waals surface area contributed by atoms with Crippen molar-refractivity contribution in [2.75, 3.05) is 4.72 Å². The molecule has 0 amide bonds. The molecular weight excluding hydrogens is 390 g/mol. The first-order chi connectivity index (χ1) is 12.4. The molecule has 0 aliphatic heterocycles. The molecule has 0 bridgehead atoms. The van der Waals surface area contributed by atoms with Crippen LogP contribution in [-0.2, 0) is 20.2 Å². The Morgan fingerprint density at radius 3 is 2.37 bits per heavy atom. The standard InChI is InChI=1S/C18H19NO6S2/c1-18(2,3)12-5-6-14(11(10-12)4-7-15(20)21)27(24,25)19-13-8-9-26-16(13)17(22)23/h4-10,19H,1-3H3,(H,20,21)(H,22,23)/b7-4+. The number of benzene rings is 1. The largest absolute Gasteiger partial charge is 0.478 e. The minimum absolute atomic E-state index is 0.0411. The van der Waals surface area contributed by atoms with Crippen molar-refractivity contribution in [2.24, 2.45) is 0 Å². The lowest BCUT2D eigenvalue weighted by molar-refractivity contribution is -0.131. The van der Waals surface area contributed by atoms with Gasteiger partial charge in [0.2, 0.25) is 0 Å². The van der Waals surface area contributed by atoms with E-state index in [0.29, 0.717) is 0 Å². The third-order valence-corrected chi connectivity index (χ3v) is 6.02. The van der Waals surface area contributed by atoms with Crippen LogP contribution in [0.1, 0.15) is 41.6 Å². The molecule has 0 radical (unpaired) electrons. The summed E-state index contributed by atoms with van der Waals surface area (Å²) in [7, 11) is -4.13. The molecule has 0 atom stereocenters. The van der Waals surface area contributed by atoms with Crippen LogP contribution >= 0.6 is 11.3 Å². The average molecular weight is 409 g/mol. The first-order valence-corrected chi connectivity index (χ1v) is 10.2. The van der Waals surface area contributed by atoms with Crippen molar-refractivity contribution >= 4 is 45.1 Å². The molecule has 3 N–H and O–H groups in total. The van der Waals surface area contributed by atoms with Gasteiger partial charge in [-0.15, -0.1) is 11.3 Å². The lowest BCUT2D eigenvalue weighted by Crippen LogP contribution is -2.17. The first-order valence-electron chi connectivity index (χ1n) is 7.81. The number of hydrogen-bond acceptors (Lipinski definition) is 5. The van der Waals surface area contributed by atoms with Crippen molar-refractivity contribution < 1.29 is 28.2 Å². The van der Waals surface area contributed by atoms with Gasteiger partial charge in [0, 0.05) is 6.08 Å². The second kappa shape index (κ2) is 7.53. The lowest BCUT2D eigenvalue weighted by atomic mass is 9.86. The smallest absolute Gasteiger partial charge is 0.348 e. The summed E-state index contributed by atoms with van der Waals surface area (Å²) in [6.45, 7) is 5.85. The molecule has 0 spiro atoms. The molecule has 0 saturated carbocycles. The second-order valence-corrected chi connectivity index (χ2v) is 9.32. The molecule has 0 fully saturated rings. The van der Waals surface area contributed by atoms with Crippen molar-refractivity contribution in [3.05, 3.63) is 51.7 Å². The van der Waals surface area contributed by atoms with Crippen molar-refractivity contribution in [1.29, 1.82) is 0 Å². The van der Waals surface area contributed by atoms with Crippen LogP contribution in [0.3, 0.4) is 0 Å². The molecule has 1 aromatic carbocycles. The van der Waals surface area contributed by atoms with Gasteiger partial charge in [0.25, 0.3) is 10.0 Å². The summed E-state index contributed by atoms with van der Waals surface area (Å²) in [5.41, 5.74) is 0.712. The van der Waals surface area contributed by atoms with Crippen molar-refractivity contribution in [3.8, 4) is 0 Å². The van der Waals surface area contributed by atoms with E-state index in [4.69, 9.17) is 10.2 Å². The number of rotatable bonds is 6. The van der Waals surface area contributed by atoms with E-state index in [2.05, 4.69) is 4.72 Å². The molecular formula is C18H19NO6S2. The fourth-order valence-electron chi connectivity index (χ4n) is 2.31. The van der Waals surface area contributed by atoms with Gasteiger partial charge in [0.15, 0.2) is 0 Å². The summed E-state index contributed by atoms with van der Waals surface area (Å²) in [5, 5.41) is 19.5. The predicted molar refractivity (Wildman–Crippen MR) is 104 cm³/mol. The van der Waals surface area contributed by atoms with Crippen LogP contribution in [-0.4, -0.2) is 30.6 Å². The molecule has 1 aromatic heterocycles. The van der Waals surface area contributed by atoms with Crippen LogP contribution in [0.25, 0.3) is 6.08 Å². The molecule has 0 aliphatic rings. The second-order valence-electron chi connectivity index (χ2n) is 6.75. The summed E-state index contributed by atoms with van der Waals surface area (Å²) in [6.07, 6.45) is 2.06. The highest BCUT2D eigenvalue weighted by Gasteiger charge is 2.23. The number of carbonyl (C=O) groups is 2. The highest BCUT2D eigenvalue weighted by Crippen LogP contribution is 2.30. The van der Waals surface area contributed by atoms with Gasteiger partial charge in [-0.25, -0.2) is 18.0 Å². The van der Waals surface area contributed by atoms with Crippen molar-refractivity contribution in [2.45, 2.75) is 31.1 Å². The van der Waals surface area contributed by atoms with Gasteiger partial charge in [-0.3, -0.25) is 4.72 Å². The van der Waals surface area contributed by atoms with Crippen LogP contribution < -0.4 is 4.72 Å². The number of anilines is 1. The molecule has 2 aromatic rings. The van der Waals surface area contributed by atoms with Crippen LogP contribution in [0.2, 0.25) is 0 Å². The zero-order valence-corrected chi connectivity index (χ0v) is 16.5. The SMILES string of the molecule is CC(C)(C)c1ccc(S(=O)(=O)Nc2ccsc2C(=O)O)c(/C=C/C(=O)O)c1. The number of hydrogen-bond donors (Lipinski definition) is 3. The zero-order valence-electron chi connectivity index (χ0n) is 14.9. The van der Waals surface area contributed by atoms with Gasteiger partial charge in [-0.2, -0.15) is 0 Å². The molecule has 9 heteroatoms. The summed E-state index contributed by atoms with van der Waals surface area (Å²) in [6, 6.07) is 6.01. The van der Waals surface area contributed by atoms with Gasteiger partial charge in [0.1, 0.15) is 4.88 Å². The number of carboxylic acid groups (broad SMARTS) is 2. The topological polar surface area (TPSA) is 121 Å². The monoisotopic (exact) mass is 409 g/mol. The van der Waals surface area contributed by atoms with E-state index in [1.807, 2.05) is 20.8 Å². The maximum absolute atomic E-state index is 12.8. The van der Waals surface area contributed by atoms with E-state index in [0.717, 1.165) is 23.0 Å². The Morgan fingerprint density at radius 2 is 1.81 bits per heavy atom. The van der Waals surface area contributed by atoms with E-state index in [1.165, 1.54) is 23.6 Å². The Hall–Kier alpha value is -2.65. The number of thiophene rings is 1. The fourth-order valence-corrected chi connectivity index (χ4v) is 4.31. The summed E-state index contributed by atoms with van der Waals surface area (Å²) >= 11 is 0.900. The Bertz CT molecular complexity index is 1010. The van der Waals surface area contributed by atoms with Gasteiger partial charge in [0.05, 0.1) is 10.6 Å². The van der Waals surface area contributed by atoms with Gasteiger partial charge >= 0.3 is 11.9 Å². The lowest BCUT2D eigenvalue weighted by Gasteiger charge is -2.21. The number of aliphatic carboxylic acids is 1. The zero-order chi connectivity index (χ0) is 20.4. The minimum atomic E-state index is -4.13. The number of nitrogens with one attached hydrogen (secondary N) is 1. The summed E-state index contributed by atoms with van der Waals surface area (Å²) in [4.78, 5) is 21.8. The highest BCUT2D eigenvalue weighted by atomic mass is 32.2. The third-order valence-electron chi connectivity index (χ3n) is 3.67. The van der Waals surface area contributed by atoms with Gasteiger partial charge in [-0.05, 0) is 46.2 Å². The molecule has 144 valence electrons. The first kappa shape index (κ1) is 20.7. The Morgan fingerprint density at radius 1 is 1.15 bits per heavy atom. The summed E-state index contributed by atoms with van der Waals surface area (Å²) < 4.78 is 27.9. The average Bonchev–Trinajstić information content (AvgIpc) is 2.99. The van der Waals surface area contributed by atoms with Crippen molar-refractivity contribution in [3.63, 3.8) is 0 Å². The molecule has 27 heavy (non-hydrogen) atoms. The van der Waals surface area contributed by atoms with Crippen LogP contribution in [0.5, 0.6) is 0 Å². The summed E-state index contributed by atoms with van der Waals surface area (Å²) in [5.74, 6) is -2.45. The Balaban J connectivity index is 2.56. The molecule has 1 heterocycles. The van der Waals surface area contributed by atoms with Crippen LogP contribution in [0.15, 0.2) is 40.6 Å². The number of carboxylic acids is 2. The molecule has 0 saturated heterocycles. The number of sulfonamides is 1. The normalized spacial score (nSPS) is 12.3. The van der Waals surface area contributed by atoms with Crippen LogP contribution in [0, 0.1) is 0 Å². The fraction of sp³-hybridized carbons (Fsp3) is 0.222. The van der Waals surface area contributed by atoms with Crippen LogP contribution in [0.4, 0.5) is 5.69 Å². The Labute approximate surface area is 161 Å².